The quantitative estimate of drug-likeness (QED) is 0.609. The Balaban J connectivity index is 1.63. The summed E-state index contributed by atoms with van der Waals surface area (Å²) in [5.74, 6) is 0.659. The van der Waals surface area contributed by atoms with Crippen molar-refractivity contribution in [1.82, 2.24) is 15.3 Å². The van der Waals surface area contributed by atoms with Crippen LogP contribution in [0.15, 0.2) is 67.1 Å². The maximum absolute atomic E-state index is 12.5. The van der Waals surface area contributed by atoms with Crippen LogP contribution in [0.4, 0.5) is 0 Å². The number of carbonyl (C=O) groups excluding carboxylic acids is 1. The maximum Gasteiger partial charge on any atom is 0.251 e. The molecule has 0 radical (unpaired) electrons. The molecule has 0 atom stereocenters. The average Bonchev–Trinajstić information content (AvgIpc) is 2.73. The van der Waals surface area contributed by atoms with Crippen LogP contribution in [0.25, 0.3) is 11.3 Å². The van der Waals surface area contributed by atoms with E-state index >= 15 is 0 Å². The molecular weight excluding hydrogens is 338 g/mol. The molecule has 0 aliphatic heterocycles. The lowest BCUT2D eigenvalue weighted by molar-refractivity contribution is 0.0951. The molecule has 2 aromatic heterocycles. The summed E-state index contributed by atoms with van der Waals surface area (Å²) in [6.07, 6.45) is 7.33. The third-order valence-corrected chi connectivity index (χ3v) is 4.17. The van der Waals surface area contributed by atoms with Gasteiger partial charge in [0.1, 0.15) is 5.75 Å². The van der Waals surface area contributed by atoms with Crippen molar-refractivity contribution in [2.24, 2.45) is 0 Å². The zero-order valence-electron chi connectivity index (χ0n) is 15.4. The lowest BCUT2D eigenvalue weighted by Gasteiger charge is -2.10. The number of amides is 1. The molecule has 0 aliphatic rings. The summed E-state index contributed by atoms with van der Waals surface area (Å²) in [5, 5.41) is 2.96. The Hall–Kier alpha value is -3.21. The third kappa shape index (κ3) is 5.14. The average molecular weight is 361 g/mol. The van der Waals surface area contributed by atoms with E-state index in [9.17, 15) is 4.79 Å². The normalized spacial score (nSPS) is 10.4. The number of ether oxygens (including phenoxy) is 1. The number of pyridine rings is 2. The predicted octanol–water partition coefficient (Wildman–Crippen LogP) is 4.25. The number of unbranched alkanes of at least 4 members (excludes halogenated alkanes) is 1. The Morgan fingerprint density at radius 2 is 1.81 bits per heavy atom. The molecule has 1 N–H and O–H groups in total. The van der Waals surface area contributed by atoms with Crippen LogP contribution in [-0.4, -0.2) is 22.5 Å². The maximum atomic E-state index is 12.5. The number of benzene rings is 1. The van der Waals surface area contributed by atoms with Gasteiger partial charge in [0.25, 0.3) is 5.91 Å². The highest BCUT2D eigenvalue weighted by molar-refractivity contribution is 5.94. The molecule has 3 aromatic rings. The second-order valence-electron chi connectivity index (χ2n) is 6.16. The SMILES string of the molecule is CCCCOc1ccc(C(=O)NCc2cccnc2-c2ccncc2)cc1. The van der Waals surface area contributed by atoms with E-state index < -0.39 is 0 Å². The Bertz CT molecular complexity index is 864. The summed E-state index contributed by atoms with van der Waals surface area (Å²) in [5.41, 5.74) is 3.38. The Kier molecular flexibility index (Phi) is 6.52. The minimum Gasteiger partial charge on any atom is -0.494 e. The lowest BCUT2D eigenvalue weighted by atomic mass is 10.1. The van der Waals surface area contributed by atoms with Crippen LogP contribution < -0.4 is 10.1 Å². The van der Waals surface area contributed by atoms with E-state index in [1.165, 1.54) is 0 Å². The summed E-state index contributed by atoms with van der Waals surface area (Å²) in [4.78, 5) is 20.9. The fourth-order valence-electron chi connectivity index (χ4n) is 2.67. The summed E-state index contributed by atoms with van der Waals surface area (Å²) >= 11 is 0. The minimum atomic E-state index is -0.125. The van der Waals surface area contributed by atoms with Crippen LogP contribution >= 0.6 is 0 Å². The summed E-state index contributed by atoms with van der Waals surface area (Å²) in [7, 11) is 0. The fraction of sp³-hybridized carbons (Fsp3) is 0.227. The molecule has 3 rings (SSSR count). The highest BCUT2D eigenvalue weighted by atomic mass is 16.5. The number of nitrogens with one attached hydrogen (secondary N) is 1. The zero-order chi connectivity index (χ0) is 18.9. The van der Waals surface area contributed by atoms with Crippen molar-refractivity contribution >= 4 is 5.91 Å². The first-order chi connectivity index (χ1) is 13.3. The molecule has 5 heteroatoms. The van der Waals surface area contributed by atoms with Crippen molar-refractivity contribution in [2.75, 3.05) is 6.61 Å². The third-order valence-electron chi connectivity index (χ3n) is 4.17. The van der Waals surface area contributed by atoms with Crippen LogP contribution in [-0.2, 0) is 6.54 Å². The van der Waals surface area contributed by atoms with Gasteiger partial charge in [0.05, 0.1) is 12.3 Å². The molecule has 0 fully saturated rings. The van der Waals surface area contributed by atoms with E-state index in [4.69, 9.17) is 4.74 Å². The largest absolute Gasteiger partial charge is 0.494 e. The first-order valence-corrected chi connectivity index (χ1v) is 9.13. The topological polar surface area (TPSA) is 64.1 Å². The monoisotopic (exact) mass is 361 g/mol. The molecule has 1 amide bonds. The zero-order valence-corrected chi connectivity index (χ0v) is 15.4. The molecular formula is C22H23N3O2. The van der Waals surface area contributed by atoms with Gasteiger partial charge < -0.3 is 10.1 Å². The lowest BCUT2D eigenvalue weighted by Crippen LogP contribution is -2.23. The second kappa shape index (κ2) is 9.48. The molecule has 0 bridgehead atoms. The van der Waals surface area contributed by atoms with Gasteiger partial charge in [-0.2, -0.15) is 0 Å². The smallest absolute Gasteiger partial charge is 0.251 e. The summed E-state index contributed by atoms with van der Waals surface area (Å²) < 4.78 is 5.63. The van der Waals surface area contributed by atoms with Crippen LogP contribution in [0.1, 0.15) is 35.7 Å². The second-order valence-corrected chi connectivity index (χ2v) is 6.16. The van der Waals surface area contributed by atoms with Crippen molar-refractivity contribution in [3.8, 4) is 17.0 Å². The van der Waals surface area contributed by atoms with Gasteiger partial charge in [-0.15, -0.1) is 0 Å². The van der Waals surface area contributed by atoms with Crippen molar-refractivity contribution in [3.63, 3.8) is 0 Å². The Labute approximate surface area is 159 Å². The molecule has 1 aromatic carbocycles. The molecule has 2 heterocycles. The Morgan fingerprint density at radius 1 is 1.04 bits per heavy atom. The van der Waals surface area contributed by atoms with Gasteiger partial charge in [-0.1, -0.05) is 19.4 Å². The fourth-order valence-corrected chi connectivity index (χ4v) is 2.67. The molecule has 5 nitrogen and oxygen atoms in total. The predicted molar refractivity (Wildman–Crippen MR) is 105 cm³/mol. The number of aromatic nitrogens is 2. The van der Waals surface area contributed by atoms with E-state index in [2.05, 4.69) is 22.2 Å². The number of hydrogen-bond donors (Lipinski definition) is 1. The summed E-state index contributed by atoms with van der Waals surface area (Å²) in [6.45, 7) is 3.22. The van der Waals surface area contributed by atoms with Gasteiger partial charge in [-0.3, -0.25) is 14.8 Å². The van der Waals surface area contributed by atoms with E-state index in [0.29, 0.717) is 18.7 Å². The van der Waals surface area contributed by atoms with Crippen molar-refractivity contribution in [2.45, 2.75) is 26.3 Å². The molecule has 0 saturated heterocycles. The van der Waals surface area contributed by atoms with Crippen LogP contribution in [0.2, 0.25) is 0 Å². The molecule has 138 valence electrons. The molecule has 0 saturated carbocycles. The number of hydrogen-bond acceptors (Lipinski definition) is 4. The number of carbonyl (C=O) groups is 1. The van der Waals surface area contributed by atoms with E-state index in [0.717, 1.165) is 35.4 Å². The van der Waals surface area contributed by atoms with Crippen molar-refractivity contribution in [3.05, 3.63) is 78.2 Å². The van der Waals surface area contributed by atoms with Gasteiger partial charge in [0.15, 0.2) is 0 Å². The first-order valence-electron chi connectivity index (χ1n) is 9.13. The molecule has 27 heavy (non-hydrogen) atoms. The minimum absolute atomic E-state index is 0.125. The molecule has 0 unspecified atom stereocenters. The van der Waals surface area contributed by atoms with Crippen LogP contribution in [0.3, 0.4) is 0 Å². The van der Waals surface area contributed by atoms with Crippen LogP contribution in [0, 0.1) is 0 Å². The number of rotatable bonds is 8. The van der Waals surface area contributed by atoms with Gasteiger partial charge in [0.2, 0.25) is 0 Å². The molecule has 0 aliphatic carbocycles. The number of nitrogens with zero attached hydrogens (tertiary/aromatic N) is 2. The van der Waals surface area contributed by atoms with Crippen molar-refractivity contribution in [1.29, 1.82) is 0 Å². The van der Waals surface area contributed by atoms with Crippen molar-refractivity contribution < 1.29 is 9.53 Å². The van der Waals surface area contributed by atoms with E-state index in [1.807, 2.05) is 36.4 Å². The van der Waals surface area contributed by atoms with E-state index in [-0.39, 0.29) is 5.91 Å². The van der Waals surface area contributed by atoms with E-state index in [1.54, 1.807) is 30.7 Å². The first kappa shape index (κ1) is 18.6. The molecule has 0 spiro atoms. The van der Waals surface area contributed by atoms with Gasteiger partial charge in [-0.25, -0.2) is 0 Å². The highest BCUT2D eigenvalue weighted by Gasteiger charge is 2.09. The van der Waals surface area contributed by atoms with Gasteiger partial charge >= 0.3 is 0 Å². The van der Waals surface area contributed by atoms with Crippen LogP contribution in [0.5, 0.6) is 5.75 Å². The Morgan fingerprint density at radius 3 is 2.56 bits per heavy atom. The highest BCUT2D eigenvalue weighted by Crippen LogP contribution is 2.20. The van der Waals surface area contributed by atoms with Gasteiger partial charge in [0, 0.05) is 36.3 Å². The standard InChI is InChI=1S/C22H23N3O2/c1-2-3-15-27-20-8-6-18(7-9-20)22(26)25-16-19-5-4-12-24-21(19)17-10-13-23-14-11-17/h4-14H,2-3,15-16H2,1H3,(H,25,26). The van der Waals surface area contributed by atoms with Gasteiger partial charge in [-0.05, 0) is 54.4 Å². The summed E-state index contributed by atoms with van der Waals surface area (Å²) in [6, 6.07) is 14.9.